The van der Waals surface area contributed by atoms with Crippen molar-refractivity contribution in [3.05, 3.63) is 39.4 Å². The number of nitrogens with one attached hydrogen (secondary N) is 1. The van der Waals surface area contributed by atoms with Crippen molar-refractivity contribution >= 4 is 11.6 Å². The average Bonchev–Trinajstić information content (AvgIpc) is 2.46. The van der Waals surface area contributed by atoms with Crippen LogP contribution in [0.1, 0.15) is 37.0 Å². The molecule has 0 saturated carbocycles. The van der Waals surface area contributed by atoms with Gasteiger partial charge in [0.2, 0.25) is 0 Å². The maximum Gasteiger partial charge on any atom is 0.285 e. The van der Waals surface area contributed by atoms with Crippen molar-refractivity contribution in [1.29, 1.82) is 0 Å². The van der Waals surface area contributed by atoms with E-state index in [1.54, 1.807) is 13.8 Å². The molecule has 0 aliphatic rings. The summed E-state index contributed by atoms with van der Waals surface area (Å²) in [6.07, 6.45) is 1.01. The summed E-state index contributed by atoms with van der Waals surface area (Å²) in [6, 6.07) is 0.918. The van der Waals surface area contributed by atoms with Crippen LogP contribution < -0.4 is 11.1 Å². The molecule has 0 saturated heterocycles. The summed E-state index contributed by atoms with van der Waals surface area (Å²) in [5, 5.41) is 13.5. The first-order valence-corrected chi connectivity index (χ1v) is 6.46. The predicted molar refractivity (Wildman–Crippen MR) is 72.8 cm³/mol. The smallest absolute Gasteiger partial charge is 0.285 e. The Morgan fingerprint density at radius 3 is 2.29 bits per heavy atom. The molecule has 0 heterocycles. The minimum atomic E-state index is -1.38. The highest BCUT2D eigenvalue weighted by atomic mass is 19.2. The number of carbonyl (C=O) groups excluding carboxylic acids is 1. The van der Waals surface area contributed by atoms with Crippen LogP contribution in [0, 0.1) is 21.7 Å². The highest BCUT2D eigenvalue weighted by Crippen LogP contribution is 2.23. The van der Waals surface area contributed by atoms with Gasteiger partial charge in [-0.3, -0.25) is 14.9 Å². The van der Waals surface area contributed by atoms with Gasteiger partial charge < -0.3 is 11.1 Å². The van der Waals surface area contributed by atoms with Crippen molar-refractivity contribution in [2.24, 2.45) is 5.73 Å². The van der Waals surface area contributed by atoms with Gasteiger partial charge in [-0.2, -0.15) is 0 Å². The number of nitro benzene ring substituents is 1. The Bertz CT molecular complexity index is 552. The van der Waals surface area contributed by atoms with Crippen molar-refractivity contribution in [2.45, 2.75) is 32.2 Å². The summed E-state index contributed by atoms with van der Waals surface area (Å²) in [6.45, 7) is 3.73. The number of rotatable bonds is 6. The van der Waals surface area contributed by atoms with E-state index in [0.29, 0.717) is 25.0 Å². The molecule has 1 amide bonds. The maximum atomic E-state index is 13.3. The van der Waals surface area contributed by atoms with Crippen LogP contribution in [0.5, 0.6) is 0 Å². The largest absolute Gasteiger partial charge is 0.345 e. The topological polar surface area (TPSA) is 98.3 Å². The van der Waals surface area contributed by atoms with E-state index in [4.69, 9.17) is 5.73 Å². The molecule has 1 aromatic carbocycles. The molecule has 6 nitrogen and oxygen atoms in total. The predicted octanol–water partition coefficient (Wildman–Crippen LogP) is 2.12. The number of nitrogens with two attached hydrogens (primary N) is 1. The lowest BCUT2D eigenvalue weighted by molar-refractivity contribution is -0.385. The van der Waals surface area contributed by atoms with E-state index < -0.39 is 39.3 Å². The molecule has 116 valence electrons. The number of benzene rings is 1. The summed E-state index contributed by atoms with van der Waals surface area (Å²) in [5.74, 6) is -3.55. The second-order valence-electron chi connectivity index (χ2n) is 4.69. The first-order valence-electron chi connectivity index (χ1n) is 6.46. The number of carbonyl (C=O) groups is 1. The quantitative estimate of drug-likeness (QED) is 0.621. The summed E-state index contributed by atoms with van der Waals surface area (Å²) >= 11 is 0. The van der Waals surface area contributed by atoms with Crippen LogP contribution in [-0.4, -0.2) is 22.9 Å². The number of nitro groups is 1. The molecule has 0 unspecified atom stereocenters. The lowest BCUT2D eigenvalue weighted by Gasteiger charge is -2.31. The average molecular weight is 301 g/mol. The molecular weight excluding hydrogens is 284 g/mol. The minimum absolute atomic E-state index is 0.128. The molecule has 0 spiro atoms. The molecule has 0 atom stereocenters. The van der Waals surface area contributed by atoms with E-state index in [0.717, 1.165) is 0 Å². The van der Waals surface area contributed by atoms with Gasteiger partial charge in [-0.25, -0.2) is 8.78 Å². The molecular formula is C13H17F2N3O3. The fraction of sp³-hybridized carbons (Fsp3) is 0.462. The Balaban J connectivity index is 3.24. The third-order valence-electron chi connectivity index (χ3n) is 3.60. The molecule has 0 fully saturated rings. The molecule has 0 aliphatic carbocycles. The highest BCUT2D eigenvalue weighted by Gasteiger charge is 2.31. The molecule has 1 rings (SSSR count). The van der Waals surface area contributed by atoms with E-state index in [9.17, 15) is 23.7 Å². The fourth-order valence-corrected chi connectivity index (χ4v) is 1.94. The number of halogens is 2. The normalized spacial score (nSPS) is 11.3. The summed E-state index contributed by atoms with van der Waals surface area (Å²) in [7, 11) is 0. The molecule has 0 bridgehead atoms. The van der Waals surface area contributed by atoms with Crippen molar-refractivity contribution < 1.29 is 18.5 Å². The standard InChI is InChI=1S/C13H17F2N3O3/c1-3-13(4-2,7-16)17-12(19)8-5-9(14)10(15)6-11(8)18(20)21/h5-6H,3-4,7,16H2,1-2H3,(H,17,19). The van der Waals surface area contributed by atoms with Crippen LogP contribution in [-0.2, 0) is 0 Å². The molecule has 21 heavy (non-hydrogen) atoms. The van der Waals surface area contributed by atoms with Gasteiger partial charge in [-0.1, -0.05) is 13.8 Å². The van der Waals surface area contributed by atoms with Crippen molar-refractivity contribution in [1.82, 2.24) is 5.32 Å². The van der Waals surface area contributed by atoms with Crippen LogP contribution in [0.15, 0.2) is 12.1 Å². The Hall–Kier alpha value is -2.09. The fourth-order valence-electron chi connectivity index (χ4n) is 1.94. The van der Waals surface area contributed by atoms with Crippen LogP contribution in [0.2, 0.25) is 0 Å². The molecule has 0 aliphatic heterocycles. The monoisotopic (exact) mass is 301 g/mol. The first-order chi connectivity index (χ1) is 9.80. The Morgan fingerprint density at radius 2 is 1.86 bits per heavy atom. The van der Waals surface area contributed by atoms with Gasteiger partial charge in [0.25, 0.3) is 11.6 Å². The summed E-state index contributed by atoms with van der Waals surface area (Å²) < 4.78 is 26.3. The highest BCUT2D eigenvalue weighted by molar-refractivity contribution is 5.98. The van der Waals surface area contributed by atoms with Gasteiger partial charge in [-0.05, 0) is 18.9 Å². The lowest BCUT2D eigenvalue weighted by Crippen LogP contribution is -2.53. The van der Waals surface area contributed by atoms with E-state index in [2.05, 4.69) is 5.32 Å². The van der Waals surface area contributed by atoms with Gasteiger partial charge >= 0.3 is 0 Å². The second kappa shape index (κ2) is 6.57. The van der Waals surface area contributed by atoms with Crippen molar-refractivity contribution in [3.63, 3.8) is 0 Å². The Kier molecular flexibility index (Phi) is 5.31. The molecule has 0 radical (unpaired) electrons. The SMILES string of the molecule is CCC(CC)(CN)NC(=O)c1cc(F)c(F)cc1[N+](=O)[O-]. The van der Waals surface area contributed by atoms with Crippen LogP contribution in [0.25, 0.3) is 0 Å². The van der Waals surface area contributed by atoms with E-state index >= 15 is 0 Å². The number of nitrogens with zero attached hydrogens (tertiary/aromatic N) is 1. The maximum absolute atomic E-state index is 13.3. The van der Waals surface area contributed by atoms with Gasteiger partial charge in [0.1, 0.15) is 5.56 Å². The van der Waals surface area contributed by atoms with Crippen LogP contribution in [0.4, 0.5) is 14.5 Å². The zero-order valence-electron chi connectivity index (χ0n) is 11.8. The Labute approximate surface area is 120 Å². The van der Waals surface area contributed by atoms with Gasteiger partial charge in [0, 0.05) is 6.54 Å². The number of amides is 1. The van der Waals surface area contributed by atoms with Crippen molar-refractivity contribution in [3.8, 4) is 0 Å². The zero-order chi connectivity index (χ0) is 16.2. The lowest BCUT2D eigenvalue weighted by atomic mass is 9.92. The molecule has 3 N–H and O–H groups in total. The Morgan fingerprint density at radius 1 is 1.33 bits per heavy atom. The van der Waals surface area contributed by atoms with E-state index in [1.165, 1.54) is 0 Å². The van der Waals surface area contributed by atoms with Gasteiger partial charge in [0.05, 0.1) is 16.5 Å². The van der Waals surface area contributed by atoms with Crippen LogP contribution in [0.3, 0.4) is 0 Å². The van der Waals surface area contributed by atoms with Gasteiger partial charge in [0.15, 0.2) is 11.6 Å². The third-order valence-corrected chi connectivity index (χ3v) is 3.60. The molecule has 8 heteroatoms. The second-order valence-corrected chi connectivity index (χ2v) is 4.69. The first kappa shape index (κ1) is 17.0. The summed E-state index contributed by atoms with van der Waals surface area (Å²) in [4.78, 5) is 22.1. The number of hydrogen-bond donors (Lipinski definition) is 2. The minimum Gasteiger partial charge on any atom is -0.345 e. The summed E-state index contributed by atoms with van der Waals surface area (Å²) in [5.41, 5.74) is 3.57. The molecule has 0 aromatic heterocycles. The van der Waals surface area contributed by atoms with E-state index in [-0.39, 0.29) is 6.54 Å². The van der Waals surface area contributed by atoms with E-state index in [1.807, 2.05) is 0 Å². The zero-order valence-corrected chi connectivity index (χ0v) is 11.8. The molecule has 1 aromatic rings. The van der Waals surface area contributed by atoms with Crippen LogP contribution >= 0.6 is 0 Å². The van der Waals surface area contributed by atoms with Gasteiger partial charge in [-0.15, -0.1) is 0 Å². The third kappa shape index (κ3) is 3.52. The van der Waals surface area contributed by atoms with Crippen molar-refractivity contribution in [2.75, 3.05) is 6.54 Å². The number of hydrogen-bond acceptors (Lipinski definition) is 4.